The van der Waals surface area contributed by atoms with Crippen LogP contribution in [0.25, 0.3) is 0 Å². The van der Waals surface area contributed by atoms with Crippen LogP contribution in [0.15, 0.2) is 18.2 Å². The Morgan fingerprint density at radius 1 is 1.53 bits per heavy atom. The van der Waals surface area contributed by atoms with Crippen molar-refractivity contribution in [3.63, 3.8) is 0 Å². The third kappa shape index (κ3) is 2.67. The van der Waals surface area contributed by atoms with Crippen molar-refractivity contribution in [2.45, 2.75) is 6.04 Å². The number of benzene rings is 1. The molecule has 0 bridgehead atoms. The molecule has 15 heavy (non-hydrogen) atoms. The van der Waals surface area contributed by atoms with Gasteiger partial charge in [-0.2, -0.15) is 0 Å². The molecular formula is C10H12ClFN2O. The van der Waals surface area contributed by atoms with Gasteiger partial charge in [-0.3, -0.25) is 9.69 Å². The van der Waals surface area contributed by atoms with Gasteiger partial charge in [0.2, 0.25) is 5.91 Å². The Bertz CT molecular complexity index is 382. The summed E-state index contributed by atoms with van der Waals surface area (Å²) in [5.74, 6) is -1.08. The van der Waals surface area contributed by atoms with Crippen LogP contribution >= 0.6 is 11.6 Å². The molecule has 0 radical (unpaired) electrons. The molecule has 1 unspecified atom stereocenters. The summed E-state index contributed by atoms with van der Waals surface area (Å²) in [5, 5.41) is 0.0285. The zero-order valence-corrected chi connectivity index (χ0v) is 9.25. The first-order valence-corrected chi connectivity index (χ1v) is 4.72. The van der Waals surface area contributed by atoms with Gasteiger partial charge in [0.1, 0.15) is 11.9 Å². The molecule has 2 N–H and O–H groups in total. The minimum atomic E-state index is -0.642. The van der Waals surface area contributed by atoms with Gasteiger partial charge in [-0.1, -0.05) is 17.7 Å². The Hall–Kier alpha value is -1.13. The molecule has 0 saturated carbocycles. The van der Waals surface area contributed by atoms with Crippen molar-refractivity contribution in [1.29, 1.82) is 0 Å². The van der Waals surface area contributed by atoms with E-state index in [1.54, 1.807) is 25.1 Å². The van der Waals surface area contributed by atoms with E-state index in [2.05, 4.69) is 0 Å². The third-order valence-electron chi connectivity index (χ3n) is 2.05. The molecule has 82 valence electrons. The number of carbonyl (C=O) groups is 1. The summed E-state index contributed by atoms with van der Waals surface area (Å²) in [6.07, 6.45) is 0. The highest BCUT2D eigenvalue weighted by molar-refractivity contribution is 6.30. The first kappa shape index (κ1) is 11.9. The second-order valence-electron chi connectivity index (χ2n) is 3.44. The summed E-state index contributed by atoms with van der Waals surface area (Å²) in [4.78, 5) is 12.8. The summed E-state index contributed by atoms with van der Waals surface area (Å²) in [7, 11) is 3.39. The average molecular weight is 231 g/mol. The summed E-state index contributed by atoms with van der Waals surface area (Å²) >= 11 is 5.54. The van der Waals surface area contributed by atoms with Crippen molar-refractivity contribution in [2.75, 3.05) is 14.1 Å². The van der Waals surface area contributed by atoms with Crippen LogP contribution in [0.1, 0.15) is 11.6 Å². The lowest BCUT2D eigenvalue weighted by atomic mass is 10.1. The minimum absolute atomic E-state index is 0.0285. The zero-order chi connectivity index (χ0) is 11.6. The van der Waals surface area contributed by atoms with Crippen molar-refractivity contribution in [3.8, 4) is 0 Å². The molecule has 0 heterocycles. The molecule has 0 saturated heterocycles. The van der Waals surface area contributed by atoms with Gasteiger partial charge in [-0.25, -0.2) is 4.39 Å². The predicted molar refractivity (Wildman–Crippen MR) is 57.0 cm³/mol. The maximum Gasteiger partial charge on any atom is 0.239 e. The van der Waals surface area contributed by atoms with Crippen LogP contribution in [0, 0.1) is 5.82 Å². The summed E-state index contributed by atoms with van der Waals surface area (Å²) in [5.41, 5.74) is 5.72. The van der Waals surface area contributed by atoms with Crippen molar-refractivity contribution in [3.05, 3.63) is 34.6 Å². The Kier molecular flexibility index (Phi) is 3.66. The molecule has 0 spiro atoms. The van der Waals surface area contributed by atoms with Gasteiger partial charge < -0.3 is 5.73 Å². The fraction of sp³-hybridized carbons (Fsp3) is 0.300. The number of halogens is 2. The molecule has 1 atom stereocenters. The molecule has 0 aliphatic carbocycles. The lowest BCUT2D eigenvalue weighted by molar-refractivity contribution is -0.122. The largest absolute Gasteiger partial charge is 0.368 e. The van der Waals surface area contributed by atoms with Crippen molar-refractivity contribution < 1.29 is 9.18 Å². The van der Waals surface area contributed by atoms with E-state index in [0.717, 1.165) is 0 Å². The highest BCUT2D eigenvalue weighted by Crippen LogP contribution is 2.22. The van der Waals surface area contributed by atoms with Gasteiger partial charge in [0.05, 0.1) is 5.02 Å². The van der Waals surface area contributed by atoms with Crippen molar-refractivity contribution >= 4 is 17.5 Å². The first-order chi connectivity index (χ1) is 6.93. The highest BCUT2D eigenvalue weighted by atomic mass is 35.5. The Balaban J connectivity index is 3.12. The van der Waals surface area contributed by atoms with Gasteiger partial charge >= 0.3 is 0 Å². The van der Waals surface area contributed by atoms with E-state index < -0.39 is 17.8 Å². The number of nitrogens with two attached hydrogens (primary N) is 1. The summed E-state index contributed by atoms with van der Waals surface area (Å²) in [6.45, 7) is 0. The average Bonchev–Trinajstić information content (AvgIpc) is 2.10. The molecule has 0 aliphatic heterocycles. The van der Waals surface area contributed by atoms with Crippen LogP contribution < -0.4 is 5.73 Å². The molecule has 1 aromatic carbocycles. The normalized spacial score (nSPS) is 12.9. The topological polar surface area (TPSA) is 46.3 Å². The monoisotopic (exact) mass is 230 g/mol. The van der Waals surface area contributed by atoms with Gasteiger partial charge in [-0.05, 0) is 31.8 Å². The Morgan fingerprint density at radius 3 is 2.53 bits per heavy atom. The van der Waals surface area contributed by atoms with E-state index in [1.165, 1.54) is 12.1 Å². The molecule has 0 fully saturated rings. The third-order valence-corrected chi connectivity index (χ3v) is 2.35. The molecule has 5 heteroatoms. The van der Waals surface area contributed by atoms with E-state index >= 15 is 0 Å². The van der Waals surface area contributed by atoms with E-state index in [9.17, 15) is 9.18 Å². The van der Waals surface area contributed by atoms with E-state index in [-0.39, 0.29) is 5.02 Å². The van der Waals surface area contributed by atoms with Crippen molar-refractivity contribution in [1.82, 2.24) is 4.90 Å². The first-order valence-electron chi connectivity index (χ1n) is 4.34. The van der Waals surface area contributed by atoms with Crippen LogP contribution in [0.4, 0.5) is 4.39 Å². The van der Waals surface area contributed by atoms with Crippen LogP contribution in [0.3, 0.4) is 0 Å². The molecule has 1 rings (SSSR count). The zero-order valence-electron chi connectivity index (χ0n) is 8.50. The standard InChI is InChI=1S/C10H12ClFN2O/c1-14(2)9(10(13)15)6-3-4-7(11)8(12)5-6/h3-5,9H,1-2H3,(H2,13,15). The second kappa shape index (κ2) is 4.59. The van der Waals surface area contributed by atoms with Crippen LogP contribution in [-0.4, -0.2) is 24.9 Å². The summed E-state index contributed by atoms with van der Waals surface area (Å²) < 4.78 is 13.2. The fourth-order valence-electron chi connectivity index (χ4n) is 1.40. The molecular weight excluding hydrogens is 219 g/mol. The number of rotatable bonds is 3. The number of hydrogen-bond donors (Lipinski definition) is 1. The van der Waals surface area contributed by atoms with Gasteiger partial charge in [0, 0.05) is 0 Å². The number of hydrogen-bond acceptors (Lipinski definition) is 2. The SMILES string of the molecule is CN(C)C(C(N)=O)c1ccc(Cl)c(F)c1. The number of primary amides is 1. The number of amides is 1. The van der Waals surface area contributed by atoms with Gasteiger partial charge in [0.15, 0.2) is 0 Å². The van der Waals surface area contributed by atoms with Crippen LogP contribution in [0.2, 0.25) is 5.02 Å². The maximum absolute atomic E-state index is 13.2. The fourth-order valence-corrected chi connectivity index (χ4v) is 1.52. The molecule has 1 aromatic rings. The van der Waals surface area contributed by atoms with E-state index in [0.29, 0.717) is 5.56 Å². The quantitative estimate of drug-likeness (QED) is 0.857. The maximum atomic E-state index is 13.2. The molecule has 1 amide bonds. The minimum Gasteiger partial charge on any atom is -0.368 e. The highest BCUT2D eigenvalue weighted by Gasteiger charge is 2.20. The molecule has 0 aromatic heterocycles. The summed E-state index contributed by atoms with van der Waals surface area (Å²) in [6, 6.07) is 3.57. The van der Waals surface area contributed by atoms with Gasteiger partial charge in [0.25, 0.3) is 0 Å². The van der Waals surface area contributed by atoms with Crippen LogP contribution in [0.5, 0.6) is 0 Å². The lowest BCUT2D eigenvalue weighted by Crippen LogP contribution is -2.32. The Labute approximate surface area is 92.6 Å². The predicted octanol–water partition coefficient (Wildman–Crippen LogP) is 1.57. The van der Waals surface area contributed by atoms with E-state index in [4.69, 9.17) is 17.3 Å². The second-order valence-corrected chi connectivity index (χ2v) is 3.85. The Morgan fingerprint density at radius 2 is 2.13 bits per heavy atom. The number of carbonyl (C=O) groups excluding carboxylic acids is 1. The van der Waals surface area contributed by atoms with Gasteiger partial charge in [-0.15, -0.1) is 0 Å². The van der Waals surface area contributed by atoms with Crippen molar-refractivity contribution in [2.24, 2.45) is 5.73 Å². The number of nitrogens with zero attached hydrogens (tertiary/aromatic N) is 1. The van der Waals surface area contributed by atoms with E-state index in [1.807, 2.05) is 0 Å². The molecule has 3 nitrogen and oxygen atoms in total. The smallest absolute Gasteiger partial charge is 0.239 e. The lowest BCUT2D eigenvalue weighted by Gasteiger charge is -2.21. The van der Waals surface area contributed by atoms with Crippen LogP contribution in [-0.2, 0) is 4.79 Å². The molecule has 0 aliphatic rings. The number of likely N-dealkylation sites (N-methyl/N-ethyl adjacent to an activating group) is 1.